The van der Waals surface area contributed by atoms with E-state index in [2.05, 4.69) is 4.74 Å². The number of carbonyl (C=O) groups excluding carboxylic acids is 1. The van der Waals surface area contributed by atoms with Crippen LogP contribution in [-0.4, -0.2) is 53.6 Å². The van der Waals surface area contributed by atoms with Crippen molar-refractivity contribution in [2.24, 2.45) is 0 Å². The molecule has 2 atom stereocenters. The Kier molecular flexibility index (Phi) is 6.63. The summed E-state index contributed by atoms with van der Waals surface area (Å²) >= 11 is 0. The molecule has 6 nitrogen and oxygen atoms in total. The number of aliphatic carboxylic acids is 1. The van der Waals surface area contributed by atoms with E-state index in [1.54, 1.807) is 0 Å². The van der Waals surface area contributed by atoms with Gasteiger partial charge in [-0.25, -0.2) is 4.79 Å². The SMILES string of the molecule is C[C@@H](O)[C@H](NC(=O)CCOCC(F)(F)F)C(=O)O. The summed E-state index contributed by atoms with van der Waals surface area (Å²) in [4.78, 5) is 21.7. The van der Waals surface area contributed by atoms with Crippen molar-refractivity contribution in [2.75, 3.05) is 13.2 Å². The molecule has 0 fully saturated rings. The normalized spacial score (nSPS) is 14.9. The zero-order chi connectivity index (χ0) is 14.3. The van der Waals surface area contributed by atoms with Gasteiger partial charge < -0.3 is 20.3 Å². The molecule has 0 bridgehead atoms. The van der Waals surface area contributed by atoms with E-state index in [9.17, 15) is 22.8 Å². The minimum absolute atomic E-state index is 0.424. The third-order valence-electron chi connectivity index (χ3n) is 1.80. The highest BCUT2D eigenvalue weighted by Gasteiger charge is 2.28. The molecule has 0 aromatic rings. The molecule has 0 saturated carbocycles. The van der Waals surface area contributed by atoms with E-state index in [-0.39, 0.29) is 0 Å². The van der Waals surface area contributed by atoms with E-state index in [1.807, 2.05) is 5.32 Å². The van der Waals surface area contributed by atoms with E-state index in [0.717, 1.165) is 0 Å². The predicted molar refractivity (Wildman–Crippen MR) is 52.7 cm³/mol. The summed E-state index contributed by atoms with van der Waals surface area (Å²) in [5.41, 5.74) is 0. The quantitative estimate of drug-likeness (QED) is 0.563. The number of halogens is 3. The van der Waals surface area contributed by atoms with Gasteiger partial charge in [0.25, 0.3) is 0 Å². The van der Waals surface area contributed by atoms with E-state index < -0.39 is 49.8 Å². The number of carboxylic acids is 1. The monoisotopic (exact) mass is 273 g/mol. The molecule has 0 aromatic carbocycles. The van der Waals surface area contributed by atoms with Crippen molar-refractivity contribution in [3.63, 3.8) is 0 Å². The third kappa shape index (κ3) is 7.85. The first-order valence-corrected chi connectivity index (χ1v) is 4.98. The van der Waals surface area contributed by atoms with Gasteiger partial charge in [-0.05, 0) is 6.92 Å². The molecule has 0 radical (unpaired) electrons. The van der Waals surface area contributed by atoms with E-state index in [0.29, 0.717) is 0 Å². The lowest BCUT2D eigenvalue weighted by atomic mass is 10.2. The lowest BCUT2D eigenvalue weighted by Gasteiger charge is -2.17. The Hall–Kier alpha value is -1.35. The van der Waals surface area contributed by atoms with Crippen LogP contribution in [0.25, 0.3) is 0 Å². The minimum Gasteiger partial charge on any atom is -0.480 e. The molecule has 0 aliphatic heterocycles. The van der Waals surface area contributed by atoms with Gasteiger partial charge in [0.15, 0.2) is 6.04 Å². The van der Waals surface area contributed by atoms with Crippen molar-refractivity contribution in [1.82, 2.24) is 5.32 Å². The third-order valence-corrected chi connectivity index (χ3v) is 1.80. The average Bonchev–Trinajstić information content (AvgIpc) is 2.18. The fraction of sp³-hybridized carbons (Fsp3) is 0.778. The number of amides is 1. The van der Waals surface area contributed by atoms with Crippen molar-refractivity contribution in [3.8, 4) is 0 Å². The Morgan fingerprint density at radius 1 is 1.39 bits per heavy atom. The molecule has 0 rings (SSSR count). The van der Waals surface area contributed by atoms with E-state index in [1.165, 1.54) is 6.92 Å². The highest BCUT2D eigenvalue weighted by Crippen LogP contribution is 2.14. The molecule has 0 heterocycles. The smallest absolute Gasteiger partial charge is 0.411 e. The number of aliphatic hydroxyl groups is 1. The second-order valence-corrected chi connectivity index (χ2v) is 3.54. The van der Waals surface area contributed by atoms with Crippen molar-refractivity contribution in [2.45, 2.75) is 31.7 Å². The van der Waals surface area contributed by atoms with E-state index >= 15 is 0 Å². The lowest BCUT2D eigenvalue weighted by molar-refractivity contribution is -0.174. The van der Waals surface area contributed by atoms with Gasteiger partial charge in [0.2, 0.25) is 5.91 Å². The molecule has 106 valence electrons. The number of aliphatic hydroxyl groups excluding tert-OH is 1. The van der Waals surface area contributed by atoms with Gasteiger partial charge in [0.1, 0.15) is 6.61 Å². The molecule has 9 heteroatoms. The molecule has 0 aliphatic rings. The number of carbonyl (C=O) groups is 2. The maximum absolute atomic E-state index is 11.7. The van der Waals surface area contributed by atoms with Crippen LogP contribution < -0.4 is 5.32 Å². The van der Waals surface area contributed by atoms with Crippen LogP contribution in [0.15, 0.2) is 0 Å². The molecular formula is C9H14F3NO5. The molecule has 18 heavy (non-hydrogen) atoms. The first-order valence-electron chi connectivity index (χ1n) is 4.98. The Labute approximate surface area is 101 Å². The number of hydrogen-bond acceptors (Lipinski definition) is 4. The van der Waals surface area contributed by atoms with E-state index in [4.69, 9.17) is 10.2 Å². The highest BCUT2D eigenvalue weighted by atomic mass is 19.4. The van der Waals surface area contributed by atoms with Gasteiger partial charge in [0, 0.05) is 6.42 Å². The van der Waals surface area contributed by atoms with Crippen molar-refractivity contribution in [3.05, 3.63) is 0 Å². The first-order chi connectivity index (χ1) is 8.13. The zero-order valence-electron chi connectivity index (χ0n) is 9.53. The molecule has 3 N–H and O–H groups in total. The minimum atomic E-state index is -4.47. The standard InChI is InChI=1S/C9H14F3NO5/c1-5(14)7(8(16)17)13-6(15)2-3-18-4-9(10,11)12/h5,7,14H,2-4H2,1H3,(H,13,15)(H,16,17)/t5-,7+/m1/s1. The van der Waals surface area contributed by atoms with Crippen molar-refractivity contribution in [1.29, 1.82) is 0 Å². The van der Waals surface area contributed by atoms with Gasteiger partial charge in [0.05, 0.1) is 12.7 Å². The van der Waals surface area contributed by atoms with Gasteiger partial charge in [-0.15, -0.1) is 0 Å². The van der Waals surface area contributed by atoms with Crippen molar-refractivity contribution < 1.29 is 37.7 Å². The van der Waals surface area contributed by atoms with Crippen LogP contribution in [0, 0.1) is 0 Å². The topological polar surface area (TPSA) is 95.9 Å². The second-order valence-electron chi connectivity index (χ2n) is 3.54. The maximum Gasteiger partial charge on any atom is 0.411 e. The number of rotatable bonds is 7. The van der Waals surface area contributed by atoms with Crippen molar-refractivity contribution >= 4 is 11.9 Å². The summed E-state index contributed by atoms with van der Waals surface area (Å²) < 4.78 is 39.2. The molecule has 0 unspecified atom stereocenters. The Morgan fingerprint density at radius 3 is 2.33 bits per heavy atom. The van der Waals surface area contributed by atoms with Crippen LogP contribution in [0.2, 0.25) is 0 Å². The Morgan fingerprint density at radius 2 is 1.94 bits per heavy atom. The number of carboxylic acid groups (broad SMARTS) is 1. The summed E-state index contributed by atoms with van der Waals surface area (Å²) in [6.07, 6.45) is -6.21. The fourth-order valence-corrected chi connectivity index (χ4v) is 0.987. The second kappa shape index (κ2) is 7.17. The molecule has 0 saturated heterocycles. The zero-order valence-corrected chi connectivity index (χ0v) is 9.53. The van der Waals surface area contributed by atoms with Crippen LogP contribution in [-0.2, 0) is 14.3 Å². The molecular weight excluding hydrogens is 259 g/mol. The molecule has 1 amide bonds. The highest BCUT2D eigenvalue weighted by molar-refractivity contribution is 5.83. The van der Waals surface area contributed by atoms with Crippen LogP contribution in [0.3, 0.4) is 0 Å². The van der Waals surface area contributed by atoms with Crippen LogP contribution >= 0.6 is 0 Å². The molecule has 0 aromatic heterocycles. The number of nitrogens with one attached hydrogen (secondary N) is 1. The van der Waals surface area contributed by atoms with Gasteiger partial charge in [-0.3, -0.25) is 4.79 Å². The van der Waals surface area contributed by atoms with Gasteiger partial charge in [-0.2, -0.15) is 13.2 Å². The fourth-order valence-electron chi connectivity index (χ4n) is 0.987. The first kappa shape index (κ1) is 16.6. The Balaban J connectivity index is 3.93. The average molecular weight is 273 g/mol. The largest absolute Gasteiger partial charge is 0.480 e. The summed E-state index contributed by atoms with van der Waals surface area (Å²) in [6.45, 7) is -0.796. The van der Waals surface area contributed by atoms with Crippen LogP contribution in [0.1, 0.15) is 13.3 Å². The lowest BCUT2D eigenvalue weighted by Crippen LogP contribution is -2.47. The molecule has 0 spiro atoms. The van der Waals surface area contributed by atoms with Gasteiger partial charge in [-0.1, -0.05) is 0 Å². The summed E-state index contributed by atoms with van der Waals surface area (Å²) in [6, 6.07) is -1.50. The number of hydrogen-bond donors (Lipinski definition) is 3. The molecule has 0 aliphatic carbocycles. The van der Waals surface area contributed by atoms with Gasteiger partial charge >= 0.3 is 12.1 Å². The Bertz CT molecular complexity index is 292. The number of ether oxygens (including phenoxy) is 1. The summed E-state index contributed by atoms with van der Waals surface area (Å²) in [7, 11) is 0. The van der Waals surface area contributed by atoms with Crippen LogP contribution in [0.5, 0.6) is 0 Å². The summed E-state index contributed by atoms with van der Waals surface area (Å²) in [5.74, 6) is -2.25. The predicted octanol–water partition coefficient (Wildman–Crippen LogP) is -0.0944. The maximum atomic E-state index is 11.7. The van der Waals surface area contributed by atoms with Crippen LogP contribution in [0.4, 0.5) is 13.2 Å². The number of alkyl halides is 3. The summed E-state index contributed by atoms with van der Waals surface area (Å²) in [5, 5.41) is 19.6.